The van der Waals surface area contributed by atoms with Crippen LogP contribution in [0.1, 0.15) is 18.9 Å². The van der Waals surface area contributed by atoms with Crippen LogP contribution in [0.25, 0.3) is 0 Å². The quantitative estimate of drug-likeness (QED) is 0.613. The van der Waals surface area contributed by atoms with E-state index in [9.17, 15) is 4.79 Å². The smallest absolute Gasteiger partial charge is 0.119 e. The Morgan fingerprint density at radius 1 is 1.50 bits per heavy atom. The second-order valence-electron chi connectivity index (χ2n) is 2.37. The van der Waals surface area contributed by atoms with Crippen molar-refractivity contribution in [2.75, 3.05) is 0 Å². The summed E-state index contributed by atoms with van der Waals surface area (Å²) in [5.74, 6) is 0. The highest BCUT2D eigenvalue weighted by atomic mass is 35.5. The van der Waals surface area contributed by atoms with Crippen LogP contribution < -0.4 is 0 Å². The van der Waals surface area contributed by atoms with Crippen molar-refractivity contribution in [2.45, 2.75) is 20.3 Å². The number of aryl methyl sites for hydroxylation is 1. The third kappa shape index (κ3) is 5.93. The summed E-state index contributed by atoms with van der Waals surface area (Å²) in [6.07, 6.45) is 1.51. The molecule has 0 aliphatic rings. The summed E-state index contributed by atoms with van der Waals surface area (Å²) < 4.78 is 0. The zero-order valence-electron chi connectivity index (χ0n) is 7.38. The van der Waals surface area contributed by atoms with E-state index in [0.29, 0.717) is 6.42 Å². The third-order valence-electron chi connectivity index (χ3n) is 1.15. The monoisotopic (exact) mass is 184 g/mol. The zero-order valence-corrected chi connectivity index (χ0v) is 8.14. The number of benzene rings is 1. The van der Waals surface area contributed by atoms with Gasteiger partial charge in [0.1, 0.15) is 6.29 Å². The van der Waals surface area contributed by atoms with Crippen molar-refractivity contribution in [3.63, 3.8) is 0 Å². The minimum absolute atomic E-state index is 0.639. The van der Waals surface area contributed by atoms with Crippen LogP contribution in [0.3, 0.4) is 0 Å². The SMILES string of the molecule is CCC=O.Cc1cccc(Cl)c1. The highest BCUT2D eigenvalue weighted by Gasteiger charge is 1.82. The van der Waals surface area contributed by atoms with E-state index < -0.39 is 0 Å². The first-order valence-corrected chi connectivity index (χ1v) is 4.24. The Kier molecular flexibility index (Phi) is 6.39. The molecule has 0 aliphatic carbocycles. The van der Waals surface area contributed by atoms with E-state index in [1.807, 2.05) is 38.1 Å². The van der Waals surface area contributed by atoms with Gasteiger partial charge in [-0.3, -0.25) is 0 Å². The Hall–Kier alpha value is -0.820. The molecule has 0 saturated heterocycles. The summed E-state index contributed by atoms with van der Waals surface area (Å²) >= 11 is 5.64. The van der Waals surface area contributed by atoms with Crippen molar-refractivity contribution in [1.82, 2.24) is 0 Å². The predicted octanol–water partition coefficient (Wildman–Crippen LogP) is 3.24. The van der Waals surface area contributed by atoms with Gasteiger partial charge >= 0.3 is 0 Å². The molecule has 0 fully saturated rings. The maximum atomic E-state index is 9.17. The van der Waals surface area contributed by atoms with Gasteiger partial charge in [0.05, 0.1) is 0 Å². The van der Waals surface area contributed by atoms with Crippen LogP contribution in [0, 0.1) is 6.92 Å². The molecule has 1 aromatic rings. The van der Waals surface area contributed by atoms with E-state index in [1.54, 1.807) is 0 Å². The van der Waals surface area contributed by atoms with E-state index in [1.165, 1.54) is 5.56 Å². The van der Waals surface area contributed by atoms with E-state index in [0.717, 1.165) is 11.3 Å². The largest absolute Gasteiger partial charge is 0.303 e. The summed E-state index contributed by atoms with van der Waals surface area (Å²) in [5, 5.41) is 0.810. The fraction of sp³-hybridized carbons (Fsp3) is 0.300. The average Bonchev–Trinajstić information content (AvgIpc) is 2.04. The molecule has 0 unspecified atom stereocenters. The molecule has 0 bridgehead atoms. The molecule has 1 aromatic carbocycles. The first-order valence-electron chi connectivity index (χ1n) is 3.86. The van der Waals surface area contributed by atoms with E-state index >= 15 is 0 Å². The molecule has 0 N–H and O–H groups in total. The molecule has 12 heavy (non-hydrogen) atoms. The second-order valence-corrected chi connectivity index (χ2v) is 2.81. The Labute approximate surface area is 78.4 Å². The van der Waals surface area contributed by atoms with Gasteiger partial charge in [-0.05, 0) is 24.6 Å². The lowest BCUT2D eigenvalue weighted by atomic mass is 10.2. The number of halogens is 1. The molecule has 0 aromatic heterocycles. The van der Waals surface area contributed by atoms with Crippen LogP contribution in [-0.2, 0) is 4.79 Å². The molecule has 0 saturated carbocycles. The summed E-state index contributed by atoms with van der Waals surface area (Å²) in [6, 6.07) is 7.76. The van der Waals surface area contributed by atoms with E-state index in [2.05, 4.69) is 0 Å². The summed E-state index contributed by atoms with van der Waals surface area (Å²) in [7, 11) is 0. The van der Waals surface area contributed by atoms with Gasteiger partial charge in [-0.15, -0.1) is 0 Å². The Balaban J connectivity index is 0.000000261. The molecule has 0 heterocycles. The van der Waals surface area contributed by atoms with Gasteiger partial charge in [0.15, 0.2) is 0 Å². The summed E-state index contributed by atoms with van der Waals surface area (Å²) in [4.78, 5) is 9.17. The lowest BCUT2D eigenvalue weighted by molar-refractivity contribution is -0.107. The van der Waals surface area contributed by atoms with Gasteiger partial charge in [-0.2, -0.15) is 0 Å². The molecular formula is C10H13ClO. The maximum Gasteiger partial charge on any atom is 0.119 e. The van der Waals surface area contributed by atoms with Crippen molar-refractivity contribution in [3.05, 3.63) is 34.9 Å². The number of aldehydes is 1. The molecule has 0 aliphatic heterocycles. The van der Waals surface area contributed by atoms with Crippen molar-refractivity contribution in [1.29, 1.82) is 0 Å². The van der Waals surface area contributed by atoms with Crippen LogP contribution in [0.5, 0.6) is 0 Å². The van der Waals surface area contributed by atoms with Crippen molar-refractivity contribution in [2.24, 2.45) is 0 Å². The molecule has 0 radical (unpaired) electrons. The van der Waals surface area contributed by atoms with Gasteiger partial charge in [-0.1, -0.05) is 30.7 Å². The third-order valence-corrected chi connectivity index (χ3v) is 1.38. The molecule has 1 rings (SSSR count). The van der Waals surface area contributed by atoms with Gasteiger partial charge in [0.25, 0.3) is 0 Å². The Bertz CT molecular complexity index is 216. The van der Waals surface area contributed by atoms with Crippen LogP contribution in [0.2, 0.25) is 5.02 Å². The van der Waals surface area contributed by atoms with Gasteiger partial charge < -0.3 is 4.79 Å². The van der Waals surface area contributed by atoms with Crippen molar-refractivity contribution in [3.8, 4) is 0 Å². The van der Waals surface area contributed by atoms with E-state index in [4.69, 9.17) is 11.6 Å². The number of rotatable bonds is 1. The minimum Gasteiger partial charge on any atom is -0.303 e. The number of carbonyl (C=O) groups is 1. The number of carbonyl (C=O) groups excluding carboxylic acids is 1. The molecule has 0 atom stereocenters. The van der Waals surface area contributed by atoms with E-state index in [-0.39, 0.29) is 0 Å². The molecule has 0 spiro atoms. The van der Waals surface area contributed by atoms with Crippen LogP contribution in [0.4, 0.5) is 0 Å². The van der Waals surface area contributed by atoms with Crippen LogP contribution >= 0.6 is 11.6 Å². The normalized spacial score (nSPS) is 8.25. The first-order chi connectivity index (χ1) is 5.70. The summed E-state index contributed by atoms with van der Waals surface area (Å²) in [6.45, 7) is 3.83. The highest BCUT2D eigenvalue weighted by Crippen LogP contribution is 2.08. The lowest BCUT2D eigenvalue weighted by Crippen LogP contribution is -1.66. The second kappa shape index (κ2) is 6.86. The number of hydrogen-bond donors (Lipinski definition) is 0. The zero-order chi connectivity index (χ0) is 9.40. The minimum atomic E-state index is 0.639. The van der Waals surface area contributed by atoms with Gasteiger partial charge in [-0.25, -0.2) is 0 Å². The molecular weight excluding hydrogens is 172 g/mol. The standard InChI is InChI=1S/C7H7Cl.C3H6O/c1-6-3-2-4-7(8)5-6;1-2-3-4/h2-5H,1H3;3H,2H2,1H3. The van der Waals surface area contributed by atoms with Crippen LogP contribution in [0.15, 0.2) is 24.3 Å². The average molecular weight is 185 g/mol. The van der Waals surface area contributed by atoms with Crippen molar-refractivity contribution < 1.29 is 4.79 Å². The maximum absolute atomic E-state index is 9.17. The lowest BCUT2D eigenvalue weighted by Gasteiger charge is -1.88. The molecule has 66 valence electrons. The molecule has 0 amide bonds. The van der Waals surface area contributed by atoms with Gasteiger partial charge in [0.2, 0.25) is 0 Å². The summed E-state index contributed by atoms with van der Waals surface area (Å²) in [5.41, 5.74) is 1.21. The topological polar surface area (TPSA) is 17.1 Å². The Morgan fingerprint density at radius 2 is 2.08 bits per heavy atom. The Morgan fingerprint density at radius 3 is 2.33 bits per heavy atom. The predicted molar refractivity (Wildman–Crippen MR) is 52.5 cm³/mol. The molecule has 1 nitrogen and oxygen atoms in total. The van der Waals surface area contributed by atoms with Gasteiger partial charge in [0, 0.05) is 11.4 Å². The number of hydrogen-bond acceptors (Lipinski definition) is 1. The highest BCUT2D eigenvalue weighted by molar-refractivity contribution is 6.30. The van der Waals surface area contributed by atoms with Crippen molar-refractivity contribution >= 4 is 17.9 Å². The first kappa shape index (κ1) is 11.2. The fourth-order valence-corrected chi connectivity index (χ4v) is 0.850. The molecule has 2 heteroatoms. The fourth-order valence-electron chi connectivity index (χ4n) is 0.606. The van der Waals surface area contributed by atoms with Crippen LogP contribution in [-0.4, -0.2) is 6.29 Å².